The lowest BCUT2D eigenvalue weighted by Crippen LogP contribution is -2.23. The second-order valence-corrected chi connectivity index (χ2v) is 6.47. The van der Waals surface area contributed by atoms with Gasteiger partial charge in [0.15, 0.2) is 0 Å². The summed E-state index contributed by atoms with van der Waals surface area (Å²) < 4.78 is 0. The molecule has 0 saturated heterocycles. The number of nitrogens with zero attached hydrogens (tertiary/aromatic N) is 1. The van der Waals surface area contributed by atoms with Gasteiger partial charge in [0.05, 0.1) is 10.0 Å². The average molecular weight is 329 g/mol. The van der Waals surface area contributed by atoms with Crippen molar-refractivity contribution in [3.8, 4) is 0 Å². The molecule has 0 aliphatic heterocycles. The molecule has 2 rings (SSSR count). The number of hydrogen-bond acceptors (Lipinski definition) is 3. The maximum atomic E-state index is 6.22. The summed E-state index contributed by atoms with van der Waals surface area (Å²) in [5.74, 6) is 0. The van der Waals surface area contributed by atoms with Crippen molar-refractivity contribution >= 4 is 34.5 Å². The molecule has 0 aliphatic rings. The molecule has 0 saturated carbocycles. The summed E-state index contributed by atoms with van der Waals surface area (Å²) in [5, 5.41) is 5.40. The summed E-state index contributed by atoms with van der Waals surface area (Å²) in [7, 11) is 2.10. The Balaban J connectivity index is 1.88. The minimum Gasteiger partial charge on any atom is -0.324 e. The van der Waals surface area contributed by atoms with Crippen LogP contribution in [0.5, 0.6) is 0 Å². The van der Waals surface area contributed by atoms with Crippen molar-refractivity contribution in [1.29, 1.82) is 0 Å². The number of thiophene rings is 1. The second kappa shape index (κ2) is 7.43. The molecule has 108 valence electrons. The molecule has 2 nitrogen and oxygen atoms in total. The van der Waals surface area contributed by atoms with Gasteiger partial charge in [-0.1, -0.05) is 35.3 Å². The predicted octanol–water partition coefficient (Wildman–Crippen LogP) is 4.58. The highest BCUT2D eigenvalue weighted by Gasteiger charge is 2.13. The minimum absolute atomic E-state index is 0.0916. The Hall–Kier alpha value is -0.580. The summed E-state index contributed by atoms with van der Waals surface area (Å²) in [4.78, 5) is 2.26. The van der Waals surface area contributed by atoms with E-state index in [1.165, 1.54) is 5.56 Å². The van der Waals surface area contributed by atoms with E-state index in [4.69, 9.17) is 28.9 Å². The fourth-order valence-corrected chi connectivity index (χ4v) is 3.20. The third-order valence-corrected chi connectivity index (χ3v) is 4.80. The third kappa shape index (κ3) is 4.21. The monoisotopic (exact) mass is 328 g/mol. The Morgan fingerprint density at radius 2 is 2.10 bits per heavy atom. The zero-order valence-electron chi connectivity index (χ0n) is 11.4. The molecule has 0 bridgehead atoms. The number of nitrogens with two attached hydrogens (primary N) is 1. The summed E-state index contributed by atoms with van der Waals surface area (Å²) in [6.07, 6.45) is 0.848. The summed E-state index contributed by atoms with van der Waals surface area (Å²) in [6, 6.07) is 7.67. The van der Waals surface area contributed by atoms with Crippen molar-refractivity contribution in [3.63, 3.8) is 0 Å². The van der Waals surface area contributed by atoms with Gasteiger partial charge in [0.25, 0.3) is 0 Å². The molecule has 0 radical (unpaired) electrons. The van der Waals surface area contributed by atoms with Crippen molar-refractivity contribution in [2.24, 2.45) is 5.73 Å². The van der Waals surface area contributed by atoms with Crippen LogP contribution in [0.4, 0.5) is 0 Å². The molecule has 2 aromatic rings. The van der Waals surface area contributed by atoms with Gasteiger partial charge in [-0.2, -0.15) is 11.3 Å². The Morgan fingerprint density at radius 3 is 2.80 bits per heavy atom. The van der Waals surface area contributed by atoms with E-state index in [0.29, 0.717) is 10.0 Å². The van der Waals surface area contributed by atoms with Crippen LogP contribution >= 0.6 is 34.5 Å². The molecule has 5 heteroatoms. The minimum atomic E-state index is -0.0916. The molecular weight excluding hydrogens is 311 g/mol. The molecule has 0 spiro atoms. The molecule has 20 heavy (non-hydrogen) atoms. The first-order valence-corrected chi connectivity index (χ1v) is 8.17. The Kier molecular flexibility index (Phi) is 5.87. The van der Waals surface area contributed by atoms with E-state index in [1.807, 2.05) is 12.1 Å². The van der Waals surface area contributed by atoms with E-state index >= 15 is 0 Å². The topological polar surface area (TPSA) is 29.3 Å². The molecule has 1 atom stereocenters. The Morgan fingerprint density at radius 1 is 1.30 bits per heavy atom. The van der Waals surface area contributed by atoms with Gasteiger partial charge in [-0.25, -0.2) is 0 Å². The largest absolute Gasteiger partial charge is 0.324 e. The molecule has 1 heterocycles. The van der Waals surface area contributed by atoms with Gasteiger partial charge in [-0.3, -0.25) is 0 Å². The van der Waals surface area contributed by atoms with E-state index in [-0.39, 0.29) is 6.04 Å². The van der Waals surface area contributed by atoms with Crippen LogP contribution in [-0.2, 0) is 6.54 Å². The van der Waals surface area contributed by atoms with Crippen molar-refractivity contribution in [2.75, 3.05) is 13.6 Å². The van der Waals surface area contributed by atoms with Gasteiger partial charge in [-0.15, -0.1) is 0 Å². The molecular formula is C15H18Cl2N2S. The van der Waals surface area contributed by atoms with E-state index in [2.05, 4.69) is 28.8 Å². The SMILES string of the molecule is CN(CCC(N)c1cccc(Cl)c1Cl)Cc1ccsc1. The zero-order chi connectivity index (χ0) is 14.5. The molecule has 2 N–H and O–H groups in total. The van der Waals surface area contributed by atoms with Crippen molar-refractivity contribution in [3.05, 3.63) is 56.2 Å². The van der Waals surface area contributed by atoms with Crippen LogP contribution in [0.2, 0.25) is 10.0 Å². The van der Waals surface area contributed by atoms with E-state index < -0.39 is 0 Å². The summed E-state index contributed by atoms with van der Waals surface area (Å²) in [5.41, 5.74) is 8.48. The van der Waals surface area contributed by atoms with Crippen LogP contribution in [0.3, 0.4) is 0 Å². The molecule has 0 aliphatic carbocycles. The van der Waals surface area contributed by atoms with Gasteiger partial charge in [0, 0.05) is 12.6 Å². The molecule has 1 aromatic carbocycles. The van der Waals surface area contributed by atoms with Gasteiger partial charge in [-0.05, 0) is 54.0 Å². The van der Waals surface area contributed by atoms with Crippen LogP contribution in [0.25, 0.3) is 0 Å². The number of rotatable bonds is 6. The van der Waals surface area contributed by atoms with Crippen molar-refractivity contribution < 1.29 is 0 Å². The Labute approximate surface area is 134 Å². The fraction of sp³-hybridized carbons (Fsp3) is 0.333. The third-order valence-electron chi connectivity index (χ3n) is 3.24. The predicted molar refractivity (Wildman–Crippen MR) is 88.7 cm³/mol. The first kappa shape index (κ1) is 15.8. The highest BCUT2D eigenvalue weighted by atomic mass is 35.5. The zero-order valence-corrected chi connectivity index (χ0v) is 13.7. The maximum Gasteiger partial charge on any atom is 0.0640 e. The van der Waals surface area contributed by atoms with E-state index in [0.717, 1.165) is 25.1 Å². The smallest absolute Gasteiger partial charge is 0.0640 e. The van der Waals surface area contributed by atoms with E-state index in [9.17, 15) is 0 Å². The average Bonchev–Trinajstić information content (AvgIpc) is 2.92. The lowest BCUT2D eigenvalue weighted by atomic mass is 10.0. The first-order chi connectivity index (χ1) is 9.58. The van der Waals surface area contributed by atoms with Crippen LogP contribution in [0.1, 0.15) is 23.6 Å². The fourth-order valence-electron chi connectivity index (χ4n) is 2.10. The van der Waals surface area contributed by atoms with Gasteiger partial charge < -0.3 is 10.6 Å². The molecule has 0 fully saturated rings. The normalized spacial score (nSPS) is 12.8. The van der Waals surface area contributed by atoms with Gasteiger partial charge in [0.1, 0.15) is 0 Å². The highest BCUT2D eigenvalue weighted by molar-refractivity contribution is 7.07. The number of hydrogen-bond donors (Lipinski definition) is 1. The lowest BCUT2D eigenvalue weighted by molar-refractivity contribution is 0.312. The van der Waals surface area contributed by atoms with Crippen LogP contribution in [-0.4, -0.2) is 18.5 Å². The standard InChI is InChI=1S/C15H18Cl2N2S/c1-19(9-11-6-8-20-10-11)7-5-14(18)12-3-2-4-13(16)15(12)17/h2-4,6,8,10,14H,5,7,9,18H2,1H3. The van der Waals surface area contributed by atoms with Gasteiger partial charge in [0.2, 0.25) is 0 Å². The molecule has 1 aromatic heterocycles. The number of benzene rings is 1. The lowest BCUT2D eigenvalue weighted by Gasteiger charge is -2.20. The quantitative estimate of drug-likeness (QED) is 0.841. The van der Waals surface area contributed by atoms with Crippen LogP contribution in [0, 0.1) is 0 Å². The molecule has 0 amide bonds. The summed E-state index contributed by atoms with van der Waals surface area (Å²) >= 11 is 13.9. The van der Waals surface area contributed by atoms with Crippen molar-refractivity contribution in [2.45, 2.75) is 19.0 Å². The van der Waals surface area contributed by atoms with E-state index in [1.54, 1.807) is 17.4 Å². The molecule has 1 unspecified atom stereocenters. The van der Waals surface area contributed by atoms with Gasteiger partial charge >= 0.3 is 0 Å². The Bertz CT molecular complexity index is 543. The van der Waals surface area contributed by atoms with Crippen LogP contribution in [0.15, 0.2) is 35.0 Å². The summed E-state index contributed by atoms with van der Waals surface area (Å²) in [6.45, 7) is 1.86. The van der Waals surface area contributed by atoms with Crippen LogP contribution < -0.4 is 5.73 Å². The first-order valence-electron chi connectivity index (χ1n) is 6.47. The highest BCUT2D eigenvalue weighted by Crippen LogP contribution is 2.30. The second-order valence-electron chi connectivity index (χ2n) is 4.91. The maximum absolute atomic E-state index is 6.22. The number of halogens is 2. The van der Waals surface area contributed by atoms with Crippen molar-refractivity contribution in [1.82, 2.24) is 4.90 Å².